The van der Waals surface area contributed by atoms with Crippen molar-refractivity contribution in [3.63, 3.8) is 0 Å². The maximum absolute atomic E-state index is 12.4. The fourth-order valence-electron chi connectivity index (χ4n) is 2.76. The molecular weight excluding hydrogens is 256 g/mol. The average Bonchev–Trinajstić information content (AvgIpc) is 3.04. The van der Waals surface area contributed by atoms with Crippen LogP contribution in [0.3, 0.4) is 0 Å². The molecule has 1 saturated heterocycles. The molecule has 0 unspecified atom stereocenters. The van der Waals surface area contributed by atoms with Gasteiger partial charge in [-0.1, -0.05) is 0 Å². The Labute approximate surface area is 116 Å². The molecule has 3 N–H and O–H groups in total. The van der Waals surface area contributed by atoms with Gasteiger partial charge >= 0.3 is 5.69 Å². The zero-order valence-corrected chi connectivity index (χ0v) is 11.4. The molecule has 1 aliphatic rings. The molecule has 1 aliphatic heterocycles. The molecule has 6 heteroatoms. The van der Waals surface area contributed by atoms with Crippen LogP contribution >= 0.6 is 0 Å². The Morgan fingerprint density at radius 1 is 1.50 bits per heavy atom. The van der Waals surface area contributed by atoms with Crippen molar-refractivity contribution in [2.75, 3.05) is 19.6 Å². The Bertz CT molecular complexity index is 716. The summed E-state index contributed by atoms with van der Waals surface area (Å²) in [6.45, 7) is 2.09. The van der Waals surface area contributed by atoms with Gasteiger partial charge in [-0.2, -0.15) is 0 Å². The topological polar surface area (TPSA) is 84.1 Å². The normalized spacial score (nSPS) is 18.9. The third-order valence-corrected chi connectivity index (χ3v) is 4.06. The number of nitrogens with zero attached hydrogens (tertiary/aromatic N) is 2. The van der Waals surface area contributed by atoms with Crippen molar-refractivity contribution in [3.8, 4) is 0 Å². The van der Waals surface area contributed by atoms with Crippen LogP contribution < -0.4 is 11.4 Å². The van der Waals surface area contributed by atoms with Crippen LogP contribution in [0.5, 0.6) is 0 Å². The van der Waals surface area contributed by atoms with Crippen molar-refractivity contribution in [2.24, 2.45) is 18.7 Å². The van der Waals surface area contributed by atoms with E-state index in [2.05, 4.69) is 4.98 Å². The zero-order valence-electron chi connectivity index (χ0n) is 11.4. The lowest BCUT2D eigenvalue weighted by molar-refractivity contribution is 0.0788. The number of rotatable bonds is 2. The second-order valence-corrected chi connectivity index (χ2v) is 5.36. The first-order chi connectivity index (χ1) is 9.60. The monoisotopic (exact) mass is 274 g/mol. The van der Waals surface area contributed by atoms with Gasteiger partial charge < -0.3 is 15.6 Å². The van der Waals surface area contributed by atoms with Crippen molar-refractivity contribution < 1.29 is 4.79 Å². The van der Waals surface area contributed by atoms with E-state index in [1.807, 2.05) is 4.90 Å². The summed E-state index contributed by atoms with van der Waals surface area (Å²) in [5, 5.41) is 0. The van der Waals surface area contributed by atoms with Gasteiger partial charge in [0.15, 0.2) is 0 Å². The van der Waals surface area contributed by atoms with Gasteiger partial charge in [0.05, 0.1) is 11.0 Å². The number of aryl methyl sites for hydroxylation is 1. The van der Waals surface area contributed by atoms with Gasteiger partial charge in [0.2, 0.25) is 0 Å². The molecule has 2 heterocycles. The molecule has 0 spiro atoms. The number of nitrogens with two attached hydrogens (primary N) is 1. The van der Waals surface area contributed by atoms with Gasteiger partial charge in [0.25, 0.3) is 5.91 Å². The van der Waals surface area contributed by atoms with Crippen LogP contribution in [0, 0.1) is 5.92 Å². The first-order valence-corrected chi connectivity index (χ1v) is 6.78. The molecule has 0 saturated carbocycles. The number of H-pyrrole nitrogens is 1. The minimum Gasteiger partial charge on any atom is -0.338 e. The van der Waals surface area contributed by atoms with Crippen LogP contribution in [-0.4, -0.2) is 40.0 Å². The summed E-state index contributed by atoms with van der Waals surface area (Å²) < 4.78 is 1.53. The fraction of sp³-hybridized carbons (Fsp3) is 0.429. The van der Waals surface area contributed by atoms with Crippen molar-refractivity contribution in [1.29, 1.82) is 0 Å². The summed E-state index contributed by atoms with van der Waals surface area (Å²) >= 11 is 0. The zero-order chi connectivity index (χ0) is 14.3. The molecule has 1 fully saturated rings. The fourth-order valence-corrected chi connectivity index (χ4v) is 2.76. The van der Waals surface area contributed by atoms with E-state index in [1.54, 1.807) is 25.2 Å². The molecule has 0 aliphatic carbocycles. The smallest absolute Gasteiger partial charge is 0.326 e. The van der Waals surface area contributed by atoms with Crippen LogP contribution in [0.2, 0.25) is 0 Å². The number of hydrogen-bond acceptors (Lipinski definition) is 3. The van der Waals surface area contributed by atoms with E-state index in [0.717, 1.165) is 25.0 Å². The van der Waals surface area contributed by atoms with Gasteiger partial charge in [-0.15, -0.1) is 0 Å². The van der Waals surface area contributed by atoms with E-state index in [1.165, 1.54) is 4.57 Å². The van der Waals surface area contributed by atoms with Gasteiger partial charge in [0.1, 0.15) is 0 Å². The third kappa shape index (κ3) is 2.02. The molecule has 1 aromatic heterocycles. The first-order valence-electron chi connectivity index (χ1n) is 6.78. The lowest BCUT2D eigenvalue weighted by Gasteiger charge is -2.16. The molecule has 1 amide bonds. The van der Waals surface area contributed by atoms with E-state index >= 15 is 0 Å². The molecule has 0 bridgehead atoms. The van der Waals surface area contributed by atoms with Crippen LogP contribution in [0.4, 0.5) is 0 Å². The first kappa shape index (κ1) is 12.9. The average molecular weight is 274 g/mol. The summed E-state index contributed by atoms with van der Waals surface area (Å²) in [5.41, 5.74) is 7.58. The van der Waals surface area contributed by atoms with Crippen molar-refractivity contribution in [1.82, 2.24) is 14.5 Å². The van der Waals surface area contributed by atoms with Gasteiger partial charge in [-0.25, -0.2) is 4.79 Å². The number of carbonyl (C=O) groups excluding carboxylic acids is 1. The summed E-state index contributed by atoms with van der Waals surface area (Å²) in [6, 6.07) is 5.32. The Morgan fingerprint density at radius 2 is 2.30 bits per heavy atom. The predicted molar refractivity (Wildman–Crippen MR) is 76.6 cm³/mol. The van der Waals surface area contributed by atoms with Gasteiger partial charge in [-0.3, -0.25) is 9.36 Å². The molecule has 20 heavy (non-hydrogen) atoms. The highest BCUT2D eigenvalue weighted by Crippen LogP contribution is 2.19. The van der Waals surface area contributed by atoms with Crippen LogP contribution in [0.25, 0.3) is 11.0 Å². The lowest BCUT2D eigenvalue weighted by Crippen LogP contribution is -2.29. The van der Waals surface area contributed by atoms with E-state index in [0.29, 0.717) is 23.5 Å². The quantitative estimate of drug-likeness (QED) is 0.825. The molecule has 1 atom stereocenters. The van der Waals surface area contributed by atoms with Crippen molar-refractivity contribution >= 4 is 16.9 Å². The highest BCUT2D eigenvalue weighted by atomic mass is 16.2. The highest BCUT2D eigenvalue weighted by molar-refractivity contribution is 5.97. The number of carbonyl (C=O) groups is 1. The number of benzene rings is 1. The molecule has 1 aromatic carbocycles. The number of imidazole rings is 1. The second-order valence-electron chi connectivity index (χ2n) is 5.36. The Hall–Kier alpha value is -2.08. The van der Waals surface area contributed by atoms with E-state index in [9.17, 15) is 9.59 Å². The number of amides is 1. The van der Waals surface area contributed by atoms with Crippen LogP contribution in [-0.2, 0) is 7.05 Å². The van der Waals surface area contributed by atoms with E-state index in [-0.39, 0.29) is 11.6 Å². The third-order valence-electron chi connectivity index (χ3n) is 4.06. The number of aromatic nitrogens is 2. The Kier molecular flexibility index (Phi) is 3.10. The highest BCUT2D eigenvalue weighted by Gasteiger charge is 2.26. The minimum atomic E-state index is -0.172. The summed E-state index contributed by atoms with van der Waals surface area (Å²) in [7, 11) is 1.70. The van der Waals surface area contributed by atoms with Crippen LogP contribution in [0.15, 0.2) is 23.0 Å². The lowest BCUT2D eigenvalue weighted by atomic mass is 10.1. The maximum Gasteiger partial charge on any atom is 0.326 e. The number of likely N-dealkylation sites (tertiary alicyclic amines) is 1. The Morgan fingerprint density at radius 3 is 3.00 bits per heavy atom. The van der Waals surface area contributed by atoms with Crippen LogP contribution in [0.1, 0.15) is 16.8 Å². The summed E-state index contributed by atoms with van der Waals surface area (Å²) in [6.07, 6.45) is 0.965. The molecule has 3 rings (SSSR count). The number of hydrogen-bond donors (Lipinski definition) is 2. The maximum atomic E-state index is 12.4. The van der Waals surface area contributed by atoms with Crippen molar-refractivity contribution in [2.45, 2.75) is 6.42 Å². The summed E-state index contributed by atoms with van der Waals surface area (Å²) in [4.78, 5) is 28.6. The Balaban J connectivity index is 1.90. The number of aromatic amines is 1. The molecule has 106 valence electrons. The standard InChI is InChI=1S/C14H18N4O2/c1-17-12-3-2-10(6-11(12)16-14(17)20)13(19)18-5-4-9(7-15)8-18/h2-3,6,9H,4-5,7-8,15H2,1H3,(H,16,20)/t9-/m1/s1. The predicted octanol–water partition coefficient (Wildman–Crippen LogP) is 0.287. The minimum absolute atomic E-state index is 0.00699. The molecule has 0 radical (unpaired) electrons. The molecule has 6 nitrogen and oxygen atoms in total. The SMILES string of the molecule is Cn1c(=O)[nH]c2cc(C(=O)N3CC[C@H](CN)C3)ccc21. The largest absolute Gasteiger partial charge is 0.338 e. The second kappa shape index (κ2) is 4.79. The molecular formula is C14H18N4O2. The summed E-state index contributed by atoms with van der Waals surface area (Å²) in [5.74, 6) is 0.409. The number of fused-ring (bicyclic) bond motifs is 1. The number of nitrogens with one attached hydrogen (secondary N) is 1. The van der Waals surface area contributed by atoms with Crippen molar-refractivity contribution in [3.05, 3.63) is 34.2 Å². The molecule has 2 aromatic rings. The van der Waals surface area contributed by atoms with Gasteiger partial charge in [0, 0.05) is 25.7 Å². The van der Waals surface area contributed by atoms with E-state index < -0.39 is 0 Å². The van der Waals surface area contributed by atoms with Gasteiger partial charge in [-0.05, 0) is 37.1 Å². The van der Waals surface area contributed by atoms with E-state index in [4.69, 9.17) is 5.73 Å².